The van der Waals surface area contributed by atoms with E-state index in [-0.39, 0.29) is 42.3 Å². The average Bonchev–Trinajstić information content (AvgIpc) is 3.34. The van der Waals surface area contributed by atoms with Crippen LogP contribution in [0, 0.1) is 18.6 Å². The number of hydrogen-bond donors (Lipinski definition) is 1. The van der Waals surface area contributed by atoms with E-state index in [9.17, 15) is 18.4 Å². The van der Waals surface area contributed by atoms with Gasteiger partial charge in [0.25, 0.3) is 0 Å². The van der Waals surface area contributed by atoms with Crippen molar-refractivity contribution in [2.45, 2.75) is 18.7 Å². The number of fused-ring (bicyclic) bond motifs is 1. The second-order valence-corrected chi connectivity index (χ2v) is 11.4. The molecule has 1 aliphatic rings. The van der Waals surface area contributed by atoms with Gasteiger partial charge in [-0.05, 0) is 60.0 Å². The number of halogens is 2. The van der Waals surface area contributed by atoms with Crippen molar-refractivity contribution in [3.05, 3.63) is 137 Å². The molecular formula is C34H28F2N4O2S. The summed E-state index contributed by atoms with van der Waals surface area (Å²) >= 11 is 1.38. The minimum absolute atomic E-state index is 0.0726. The van der Waals surface area contributed by atoms with Gasteiger partial charge in [-0.3, -0.25) is 14.5 Å². The highest BCUT2D eigenvalue weighted by atomic mass is 32.2. The van der Waals surface area contributed by atoms with E-state index in [2.05, 4.69) is 5.32 Å². The Balaban J connectivity index is 1.50. The van der Waals surface area contributed by atoms with Crippen LogP contribution in [0.5, 0.6) is 0 Å². The number of aromatic nitrogens is 2. The summed E-state index contributed by atoms with van der Waals surface area (Å²) < 4.78 is 29.6. The van der Waals surface area contributed by atoms with Crippen LogP contribution in [0.15, 0.2) is 103 Å². The van der Waals surface area contributed by atoms with E-state index < -0.39 is 5.25 Å². The summed E-state index contributed by atoms with van der Waals surface area (Å²) in [5.41, 5.74) is 5.36. The summed E-state index contributed by atoms with van der Waals surface area (Å²) in [7, 11) is 0. The average molecular weight is 595 g/mol. The molecule has 6 rings (SSSR count). The Morgan fingerprint density at radius 2 is 1.70 bits per heavy atom. The summed E-state index contributed by atoms with van der Waals surface area (Å²) in [6.45, 7) is 1.90. The monoisotopic (exact) mass is 594 g/mol. The third-order valence-electron chi connectivity index (χ3n) is 7.24. The van der Waals surface area contributed by atoms with Crippen LogP contribution in [0.25, 0.3) is 16.9 Å². The van der Waals surface area contributed by atoms with Gasteiger partial charge >= 0.3 is 0 Å². The molecule has 0 aliphatic carbocycles. The van der Waals surface area contributed by atoms with Crippen molar-refractivity contribution in [2.24, 2.45) is 0 Å². The fraction of sp³-hybridized carbons (Fsp3) is 0.147. The van der Waals surface area contributed by atoms with Crippen LogP contribution >= 0.6 is 11.8 Å². The second kappa shape index (κ2) is 12.2. The maximum absolute atomic E-state index is 14.5. The Hall–Kier alpha value is -4.76. The van der Waals surface area contributed by atoms with Gasteiger partial charge in [-0.25, -0.2) is 13.5 Å². The predicted octanol–water partition coefficient (Wildman–Crippen LogP) is 6.61. The van der Waals surface area contributed by atoms with Crippen molar-refractivity contribution in [3.63, 3.8) is 0 Å². The van der Waals surface area contributed by atoms with Crippen molar-refractivity contribution >= 4 is 29.4 Å². The Morgan fingerprint density at radius 3 is 2.44 bits per heavy atom. The first-order valence-electron chi connectivity index (χ1n) is 13.8. The number of amides is 2. The summed E-state index contributed by atoms with van der Waals surface area (Å²) in [5, 5.41) is 7.47. The number of rotatable bonds is 7. The number of anilines is 1. The third-order valence-corrected chi connectivity index (χ3v) is 8.49. The van der Waals surface area contributed by atoms with Gasteiger partial charge in [-0.2, -0.15) is 5.10 Å². The van der Waals surface area contributed by atoms with Crippen LogP contribution in [-0.2, 0) is 16.1 Å². The predicted molar refractivity (Wildman–Crippen MR) is 165 cm³/mol. The minimum Gasteiger partial charge on any atom is -0.350 e. The molecular weight excluding hydrogens is 566 g/mol. The molecule has 43 heavy (non-hydrogen) atoms. The van der Waals surface area contributed by atoms with Crippen molar-refractivity contribution < 1.29 is 18.4 Å². The SMILES string of the molecule is Cc1cccc(-n2nc(-c3ccccc3)c3c2N(CC(=O)NCc2ccc(F)cc2)C(=O)CS[C@H]3c2cccc(F)c2)c1. The Labute approximate surface area is 252 Å². The lowest BCUT2D eigenvalue weighted by Crippen LogP contribution is -2.42. The number of hydrogen-bond acceptors (Lipinski definition) is 4. The Bertz CT molecular complexity index is 1790. The summed E-state index contributed by atoms with van der Waals surface area (Å²) in [5.74, 6) is -0.845. The molecule has 0 unspecified atom stereocenters. The molecule has 1 aliphatic heterocycles. The zero-order valence-corrected chi connectivity index (χ0v) is 24.2. The fourth-order valence-electron chi connectivity index (χ4n) is 5.20. The van der Waals surface area contributed by atoms with E-state index in [1.54, 1.807) is 22.9 Å². The van der Waals surface area contributed by atoms with Gasteiger partial charge in [-0.15, -0.1) is 11.8 Å². The number of thioether (sulfide) groups is 1. The first-order valence-corrected chi connectivity index (χ1v) is 14.9. The van der Waals surface area contributed by atoms with E-state index in [4.69, 9.17) is 5.10 Å². The molecule has 0 saturated heterocycles. The molecule has 4 aromatic carbocycles. The van der Waals surface area contributed by atoms with Crippen LogP contribution in [0.4, 0.5) is 14.6 Å². The lowest BCUT2D eigenvalue weighted by Gasteiger charge is -2.23. The maximum atomic E-state index is 14.5. The van der Waals surface area contributed by atoms with E-state index in [1.807, 2.05) is 67.6 Å². The van der Waals surface area contributed by atoms with Crippen LogP contribution in [0.3, 0.4) is 0 Å². The van der Waals surface area contributed by atoms with Gasteiger partial charge in [0.2, 0.25) is 11.8 Å². The van der Waals surface area contributed by atoms with E-state index in [0.717, 1.165) is 27.9 Å². The Kier molecular flexibility index (Phi) is 8.07. The smallest absolute Gasteiger partial charge is 0.240 e. The van der Waals surface area contributed by atoms with Gasteiger partial charge in [-0.1, -0.05) is 66.7 Å². The molecule has 0 fully saturated rings. The molecule has 1 N–H and O–H groups in total. The second-order valence-electron chi connectivity index (χ2n) is 10.3. The number of aryl methyl sites for hydroxylation is 1. The standard InChI is InChI=1S/C34H28F2N4O2S/c1-22-7-5-12-28(17-22)40-34-31(32(38-40)24-8-3-2-4-9-24)33(25-10-6-11-27(36)18-25)43-21-30(42)39(34)20-29(41)37-19-23-13-15-26(35)16-14-23/h2-18,33H,19-21H2,1H3,(H,37,41)/t33-/m0/s1. The fourth-order valence-corrected chi connectivity index (χ4v) is 6.39. The first-order chi connectivity index (χ1) is 20.9. The highest BCUT2D eigenvalue weighted by Crippen LogP contribution is 2.48. The van der Waals surface area contributed by atoms with Gasteiger partial charge < -0.3 is 5.32 Å². The molecule has 2 heterocycles. The van der Waals surface area contributed by atoms with E-state index in [1.165, 1.54) is 40.9 Å². The van der Waals surface area contributed by atoms with Gasteiger partial charge in [0.05, 0.1) is 22.4 Å². The van der Waals surface area contributed by atoms with Gasteiger partial charge in [0.1, 0.15) is 24.0 Å². The number of carbonyl (C=O) groups excluding carboxylic acids is 2. The number of nitrogens with zero attached hydrogens (tertiary/aromatic N) is 3. The third kappa shape index (κ3) is 6.08. The molecule has 0 spiro atoms. The summed E-state index contributed by atoms with van der Waals surface area (Å²) in [4.78, 5) is 28.6. The molecule has 1 aromatic heterocycles. The molecule has 0 saturated carbocycles. The quantitative estimate of drug-likeness (QED) is 0.230. The number of carbonyl (C=O) groups is 2. The highest BCUT2D eigenvalue weighted by Gasteiger charge is 2.37. The van der Waals surface area contributed by atoms with Crippen molar-refractivity contribution in [1.82, 2.24) is 15.1 Å². The first kappa shape index (κ1) is 28.4. The van der Waals surface area contributed by atoms with Crippen LogP contribution < -0.4 is 10.2 Å². The number of benzene rings is 4. The van der Waals surface area contributed by atoms with Crippen molar-refractivity contribution in [3.8, 4) is 16.9 Å². The lowest BCUT2D eigenvalue weighted by molar-refractivity contribution is -0.123. The normalized spacial score (nSPS) is 14.7. The molecule has 216 valence electrons. The molecule has 0 radical (unpaired) electrons. The zero-order chi connectivity index (χ0) is 29.9. The van der Waals surface area contributed by atoms with Crippen LogP contribution in [-0.4, -0.2) is 33.9 Å². The van der Waals surface area contributed by atoms with Crippen LogP contribution in [0.2, 0.25) is 0 Å². The topological polar surface area (TPSA) is 67.2 Å². The van der Waals surface area contributed by atoms with E-state index >= 15 is 0 Å². The number of nitrogens with one attached hydrogen (secondary N) is 1. The van der Waals surface area contributed by atoms with Gasteiger partial charge in [0, 0.05) is 17.7 Å². The lowest BCUT2D eigenvalue weighted by atomic mass is 9.99. The maximum Gasteiger partial charge on any atom is 0.240 e. The largest absolute Gasteiger partial charge is 0.350 e. The molecule has 2 amide bonds. The highest BCUT2D eigenvalue weighted by molar-refractivity contribution is 8.00. The van der Waals surface area contributed by atoms with E-state index in [0.29, 0.717) is 17.1 Å². The molecule has 0 bridgehead atoms. The van der Waals surface area contributed by atoms with Crippen LogP contribution in [0.1, 0.15) is 27.5 Å². The summed E-state index contributed by atoms with van der Waals surface area (Å²) in [6, 6.07) is 29.7. The van der Waals surface area contributed by atoms with Crippen molar-refractivity contribution in [1.29, 1.82) is 0 Å². The minimum atomic E-state index is -0.435. The molecule has 9 heteroatoms. The molecule has 6 nitrogen and oxygen atoms in total. The van der Waals surface area contributed by atoms with Gasteiger partial charge in [0.15, 0.2) is 0 Å². The summed E-state index contributed by atoms with van der Waals surface area (Å²) in [6.07, 6.45) is 0. The molecule has 1 atom stereocenters. The van der Waals surface area contributed by atoms with Crippen molar-refractivity contribution in [2.75, 3.05) is 17.2 Å². The Morgan fingerprint density at radius 1 is 0.930 bits per heavy atom. The molecule has 5 aromatic rings. The zero-order valence-electron chi connectivity index (χ0n) is 23.3.